The largest absolute Gasteiger partial charge is 0.380 e. The molecule has 2 fully saturated rings. The first-order valence-corrected chi connectivity index (χ1v) is 6.06. The highest BCUT2D eigenvalue weighted by Crippen LogP contribution is 2.40. The van der Waals surface area contributed by atoms with E-state index in [1.807, 2.05) is 0 Å². The molecular weight excluding hydrogens is 204 g/mol. The molecule has 1 aliphatic carbocycles. The molecule has 0 amide bonds. The van der Waals surface area contributed by atoms with Crippen LogP contribution in [0.3, 0.4) is 0 Å². The Balaban J connectivity index is 1.59. The molecule has 16 heavy (non-hydrogen) atoms. The molecule has 0 radical (unpaired) electrons. The van der Waals surface area contributed by atoms with Gasteiger partial charge in [-0.3, -0.25) is 4.90 Å². The SMILES string of the molecule is CN(Cc1cc(C2CC2)on1)C1CCOC1. The zero-order valence-electron chi connectivity index (χ0n) is 9.69. The summed E-state index contributed by atoms with van der Waals surface area (Å²) < 4.78 is 10.7. The van der Waals surface area contributed by atoms with Crippen LogP contribution in [0.5, 0.6) is 0 Å². The van der Waals surface area contributed by atoms with Gasteiger partial charge in [0.15, 0.2) is 0 Å². The Kier molecular flexibility index (Phi) is 2.69. The summed E-state index contributed by atoms with van der Waals surface area (Å²) in [5.41, 5.74) is 1.05. The maximum atomic E-state index is 5.38. The lowest BCUT2D eigenvalue weighted by molar-refractivity contribution is 0.155. The van der Waals surface area contributed by atoms with E-state index in [9.17, 15) is 0 Å². The highest BCUT2D eigenvalue weighted by atomic mass is 16.5. The van der Waals surface area contributed by atoms with Crippen LogP contribution in [0.15, 0.2) is 10.6 Å². The second kappa shape index (κ2) is 4.18. The van der Waals surface area contributed by atoms with Gasteiger partial charge in [0, 0.05) is 31.2 Å². The predicted octanol–water partition coefficient (Wildman–Crippen LogP) is 1.77. The fourth-order valence-corrected chi connectivity index (χ4v) is 2.22. The van der Waals surface area contributed by atoms with Crippen molar-refractivity contribution in [1.29, 1.82) is 0 Å². The van der Waals surface area contributed by atoms with Crippen LogP contribution in [0.4, 0.5) is 0 Å². The van der Waals surface area contributed by atoms with Crippen molar-refractivity contribution in [2.45, 2.75) is 37.8 Å². The predicted molar refractivity (Wildman–Crippen MR) is 59.2 cm³/mol. The van der Waals surface area contributed by atoms with Crippen LogP contribution >= 0.6 is 0 Å². The molecule has 88 valence electrons. The van der Waals surface area contributed by atoms with Crippen molar-refractivity contribution in [3.63, 3.8) is 0 Å². The fraction of sp³-hybridized carbons (Fsp3) is 0.750. The van der Waals surface area contributed by atoms with Crippen LogP contribution in [-0.2, 0) is 11.3 Å². The third-order valence-electron chi connectivity index (χ3n) is 3.50. The Morgan fingerprint density at radius 1 is 1.44 bits per heavy atom. The van der Waals surface area contributed by atoms with Gasteiger partial charge in [-0.15, -0.1) is 0 Å². The monoisotopic (exact) mass is 222 g/mol. The van der Waals surface area contributed by atoms with E-state index in [1.54, 1.807) is 0 Å². The molecule has 2 aliphatic rings. The normalized spacial score (nSPS) is 25.5. The molecular formula is C12H18N2O2. The van der Waals surface area contributed by atoms with Crippen molar-refractivity contribution < 1.29 is 9.26 Å². The molecule has 4 heteroatoms. The number of hydrogen-bond donors (Lipinski definition) is 0. The summed E-state index contributed by atoms with van der Waals surface area (Å²) >= 11 is 0. The molecule has 2 heterocycles. The van der Waals surface area contributed by atoms with Crippen molar-refractivity contribution in [3.8, 4) is 0 Å². The summed E-state index contributed by atoms with van der Waals surface area (Å²) in [5.74, 6) is 1.73. The zero-order valence-corrected chi connectivity index (χ0v) is 9.69. The topological polar surface area (TPSA) is 38.5 Å². The van der Waals surface area contributed by atoms with Gasteiger partial charge in [-0.25, -0.2) is 0 Å². The summed E-state index contributed by atoms with van der Waals surface area (Å²) in [7, 11) is 2.13. The van der Waals surface area contributed by atoms with Crippen LogP contribution in [0.25, 0.3) is 0 Å². The van der Waals surface area contributed by atoms with Crippen LogP contribution in [0.2, 0.25) is 0 Å². The third kappa shape index (κ3) is 2.13. The quantitative estimate of drug-likeness (QED) is 0.778. The number of likely N-dealkylation sites (N-methyl/N-ethyl adjacent to an activating group) is 1. The lowest BCUT2D eigenvalue weighted by atomic mass is 10.2. The average Bonchev–Trinajstić information content (AvgIpc) is 2.82. The smallest absolute Gasteiger partial charge is 0.140 e. The van der Waals surface area contributed by atoms with Gasteiger partial charge >= 0.3 is 0 Å². The molecule has 1 aromatic rings. The van der Waals surface area contributed by atoms with Gasteiger partial charge in [-0.1, -0.05) is 5.16 Å². The van der Waals surface area contributed by atoms with Gasteiger partial charge in [0.2, 0.25) is 0 Å². The minimum Gasteiger partial charge on any atom is -0.380 e. The van der Waals surface area contributed by atoms with Crippen molar-refractivity contribution in [1.82, 2.24) is 10.1 Å². The van der Waals surface area contributed by atoms with Crippen molar-refractivity contribution in [3.05, 3.63) is 17.5 Å². The summed E-state index contributed by atoms with van der Waals surface area (Å²) in [5, 5.41) is 4.13. The summed E-state index contributed by atoms with van der Waals surface area (Å²) in [6.45, 7) is 2.61. The minimum atomic E-state index is 0.543. The van der Waals surface area contributed by atoms with E-state index in [4.69, 9.17) is 9.26 Å². The molecule has 1 unspecified atom stereocenters. The second-order valence-electron chi connectivity index (χ2n) is 4.93. The summed E-state index contributed by atoms with van der Waals surface area (Å²) in [6.07, 6.45) is 3.66. The summed E-state index contributed by atoms with van der Waals surface area (Å²) in [6, 6.07) is 2.66. The lowest BCUT2D eigenvalue weighted by Gasteiger charge is -2.21. The van der Waals surface area contributed by atoms with Gasteiger partial charge in [0.25, 0.3) is 0 Å². The minimum absolute atomic E-state index is 0.543. The standard InChI is InChI=1S/C12H18N2O2/c1-14(11-4-5-15-8-11)7-10-6-12(16-13-10)9-2-3-9/h6,9,11H,2-5,7-8H2,1H3. The third-order valence-corrected chi connectivity index (χ3v) is 3.50. The van der Waals surface area contributed by atoms with Gasteiger partial charge < -0.3 is 9.26 Å². The van der Waals surface area contributed by atoms with E-state index < -0.39 is 0 Å². The molecule has 0 aromatic carbocycles. The van der Waals surface area contributed by atoms with Crippen LogP contribution in [-0.4, -0.2) is 36.4 Å². The molecule has 4 nitrogen and oxygen atoms in total. The van der Waals surface area contributed by atoms with E-state index in [0.717, 1.165) is 37.6 Å². The van der Waals surface area contributed by atoms with Crippen LogP contribution in [0, 0.1) is 0 Å². The first-order valence-electron chi connectivity index (χ1n) is 6.06. The van der Waals surface area contributed by atoms with E-state index in [1.165, 1.54) is 12.8 Å². The number of ether oxygens (including phenoxy) is 1. The number of aromatic nitrogens is 1. The maximum Gasteiger partial charge on any atom is 0.140 e. The molecule has 1 aromatic heterocycles. The van der Waals surface area contributed by atoms with E-state index in [-0.39, 0.29) is 0 Å². The number of hydrogen-bond acceptors (Lipinski definition) is 4. The number of rotatable bonds is 4. The van der Waals surface area contributed by atoms with Crippen molar-refractivity contribution >= 4 is 0 Å². The van der Waals surface area contributed by atoms with Crippen molar-refractivity contribution in [2.24, 2.45) is 0 Å². The Bertz CT molecular complexity index is 354. The zero-order chi connectivity index (χ0) is 11.0. The van der Waals surface area contributed by atoms with Gasteiger partial charge in [0.05, 0.1) is 12.3 Å². The van der Waals surface area contributed by atoms with Gasteiger partial charge in [0.1, 0.15) is 5.76 Å². The van der Waals surface area contributed by atoms with Gasteiger partial charge in [-0.05, 0) is 26.3 Å². The van der Waals surface area contributed by atoms with Crippen molar-refractivity contribution in [2.75, 3.05) is 20.3 Å². The molecule has 1 saturated carbocycles. The van der Waals surface area contributed by atoms with E-state index >= 15 is 0 Å². The van der Waals surface area contributed by atoms with Gasteiger partial charge in [-0.2, -0.15) is 0 Å². The molecule has 1 aliphatic heterocycles. The highest BCUT2D eigenvalue weighted by Gasteiger charge is 2.28. The Hall–Kier alpha value is -0.870. The van der Waals surface area contributed by atoms with E-state index in [0.29, 0.717) is 12.0 Å². The Morgan fingerprint density at radius 3 is 3.00 bits per heavy atom. The Morgan fingerprint density at radius 2 is 2.31 bits per heavy atom. The first-order chi connectivity index (χ1) is 7.83. The average molecular weight is 222 g/mol. The molecule has 0 N–H and O–H groups in total. The Labute approximate surface area is 95.5 Å². The van der Waals surface area contributed by atoms with E-state index in [2.05, 4.69) is 23.2 Å². The second-order valence-corrected chi connectivity index (χ2v) is 4.93. The fourth-order valence-electron chi connectivity index (χ4n) is 2.22. The molecule has 1 atom stereocenters. The lowest BCUT2D eigenvalue weighted by Crippen LogP contribution is -2.31. The number of nitrogens with zero attached hydrogens (tertiary/aromatic N) is 2. The molecule has 3 rings (SSSR count). The first kappa shape index (κ1) is 10.3. The summed E-state index contributed by atoms with van der Waals surface area (Å²) in [4.78, 5) is 2.31. The van der Waals surface area contributed by atoms with Crippen LogP contribution in [0.1, 0.15) is 36.6 Å². The molecule has 0 bridgehead atoms. The maximum absolute atomic E-state index is 5.38. The molecule has 0 spiro atoms. The molecule has 1 saturated heterocycles. The highest BCUT2D eigenvalue weighted by molar-refractivity contribution is 5.14. The van der Waals surface area contributed by atoms with Crippen LogP contribution < -0.4 is 0 Å².